The number of hydrogen-bond acceptors (Lipinski definition) is 4. The van der Waals surface area contributed by atoms with E-state index in [4.69, 9.17) is 9.47 Å². The SMILES string of the molecule is CCOCCC(CC1(C(=O)O)CCCC1)C(=O)OC(C)(C)C. The second kappa shape index (κ2) is 7.95. The molecule has 0 aliphatic heterocycles. The van der Waals surface area contributed by atoms with Crippen LogP contribution in [0.3, 0.4) is 0 Å². The van der Waals surface area contributed by atoms with E-state index in [1.54, 1.807) is 0 Å². The maximum atomic E-state index is 12.4. The standard InChI is InChI=1S/C17H30O5/c1-5-21-11-8-13(14(18)22-16(2,3)4)12-17(15(19)20)9-6-7-10-17/h13H,5-12H2,1-4H3,(H,19,20). The van der Waals surface area contributed by atoms with Crippen molar-refractivity contribution in [2.24, 2.45) is 11.3 Å². The van der Waals surface area contributed by atoms with Gasteiger partial charge in [-0.05, 0) is 53.4 Å². The Hall–Kier alpha value is -1.10. The number of aliphatic carboxylic acids is 1. The van der Waals surface area contributed by atoms with Gasteiger partial charge in [-0.25, -0.2) is 0 Å². The summed E-state index contributed by atoms with van der Waals surface area (Å²) in [5, 5.41) is 9.62. The van der Waals surface area contributed by atoms with Gasteiger partial charge in [0.15, 0.2) is 0 Å². The van der Waals surface area contributed by atoms with Gasteiger partial charge < -0.3 is 14.6 Å². The van der Waals surface area contributed by atoms with E-state index in [2.05, 4.69) is 0 Å². The number of carboxylic acid groups (broad SMARTS) is 1. The minimum absolute atomic E-state index is 0.306. The number of ether oxygens (including phenoxy) is 2. The van der Waals surface area contributed by atoms with Crippen LogP contribution in [0.2, 0.25) is 0 Å². The van der Waals surface area contributed by atoms with Crippen molar-refractivity contribution in [1.82, 2.24) is 0 Å². The van der Waals surface area contributed by atoms with Gasteiger partial charge in [0.1, 0.15) is 5.60 Å². The Balaban J connectivity index is 2.80. The molecule has 1 N–H and O–H groups in total. The van der Waals surface area contributed by atoms with Crippen LogP contribution < -0.4 is 0 Å². The number of esters is 1. The Morgan fingerprint density at radius 2 is 1.82 bits per heavy atom. The number of carboxylic acids is 1. The Kier molecular flexibility index (Phi) is 6.85. The van der Waals surface area contributed by atoms with Crippen LogP contribution in [-0.2, 0) is 19.1 Å². The topological polar surface area (TPSA) is 72.8 Å². The van der Waals surface area contributed by atoms with E-state index in [-0.39, 0.29) is 5.97 Å². The van der Waals surface area contributed by atoms with Crippen molar-refractivity contribution in [3.05, 3.63) is 0 Å². The van der Waals surface area contributed by atoms with Gasteiger partial charge in [-0.15, -0.1) is 0 Å². The van der Waals surface area contributed by atoms with E-state index in [9.17, 15) is 14.7 Å². The molecule has 128 valence electrons. The van der Waals surface area contributed by atoms with Crippen molar-refractivity contribution < 1.29 is 24.2 Å². The molecule has 1 unspecified atom stereocenters. The predicted molar refractivity (Wildman–Crippen MR) is 83.6 cm³/mol. The van der Waals surface area contributed by atoms with Crippen molar-refractivity contribution in [2.75, 3.05) is 13.2 Å². The summed E-state index contributed by atoms with van der Waals surface area (Å²) < 4.78 is 10.8. The third-order valence-electron chi connectivity index (χ3n) is 4.21. The van der Waals surface area contributed by atoms with E-state index in [1.807, 2.05) is 27.7 Å². The van der Waals surface area contributed by atoms with Crippen LogP contribution in [-0.4, -0.2) is 35.9 Å². The molecule has 1 fully saturated rings. The molecule has 0 amide bonds. The minimum atomic E-state index is -0.782. The second-order valence-electron chi connectivity index (χ2n) is 7.21. The highest BCUT2D eigenvalue weighted by Crippen LogP contribution is 2.44. The summed E-state index contributed by atoms with van der Waals surface area (Å²) in [6, 6.07) is 0. The first-order valence-electron chi connectivity index (χ1n) is 8.24. The molecule has 1 aliphatic carbocycles. The number of carbonyl (C=O) groups excluding carboxylic acids is 1. The summed E-state index contributed by atoms with van der Waals surface area (Å²) in [4.78, 5) is 24.1. The summed E-state index contributed by atoms with van der Waals surface area (Å²) >= 11 is 0. The molecule has 5 heteroatoms. The fraction of sp³-hybridized carbons (Fsp3) is 0.882. The zero-order chi connectivity index (χ0) is 16.8. The summed E-state index contributed by atoms with van der Waals surface area (Å²) in [6.07, 6.45) is 3.99. The largest absolute Gasteiger partial charge is 0.481 e. The molecule has 0 bridgehead atoms. The molecule has 0 heterocycles. The Morgan fingerprint density at radius 1 is 1.23 bits per heavy atom. The summed E-state index contributed by atoms with van der Waals surface area (Å²) in [7, 11) is 0. The minimum Gasteiger partial charge on any atom is -0.481 e. The van der Waals surface area contributed by atoms with Crippen LogP contribution in [0.4, 0.5) is 0 Å². The van der Waals surface area contributed by atoms with Gasteiger partial charge in [0.05, 0.1) is 11.3 Å². The van der Waals surface area contributed by atoms with Gasteiger partial charge in [-0.1, -0.05) is 12.8 Å². The number of carbonyl (C=O) groups is 2. The maximum Gasteiger partial charge on any atom is 0.309 e. The van der Waals surface area contributed by atoms with Crippen LogP contribution >= 0.6 is 0 Å². The van der Waals surface area contributed by atoms with Crippen LogP contribution in [0.5, 0.6) is 0 Å². The highest BCUT2D eigenvalue weighted by molar-refractivity contribution is 5.78. The Morgan fingerprint density at radius 3 is 2.27 bits per heavy atom. The lowest BCUT2D eigenvalue weighted by molar-refractivity contribution is -0.163. The third kappa shape index (κ3) is 5.59. The highest BCUT2D eigenvalue weighted by atomic mass is 16.6. The Bertz CT molecular complexity index is 377. The molecule has 1 atom stereocenters. The first-order valence-corrected chi connectivity index (χ1v) is 8.24. The van der Waals surface area contributed by atoms with Crippen molar-refractivity contribution >= 4 is 11.9 Å². The summed E-state index contributed by atoms with van der Waals surface area (Å²) in [5.41, 5.74) is -1.33. The normalized spacial score (nSPS) is 18.9. The fourth-order valence-electron chi connectivity index (χ4n) is 3.09. The zero-order valence-corrected chi connectivity index (χ0v) is 14.3. The highest BCUT2D eigenvalue weighted by Gasteiger charge is 2.44. The van der Waals surface area contributed by atoms with Gasteiger partial charge in [0, 0.05) is 13.2 Å². The molecule has 0 aromatic rings. The first-order chi connectivity index (χ1) is 10.2. The molecule has 0 radical (unpaired) electrons. The van der Waals surface area contributed by atoms with Gasteiger partial charge in [0.25, 0.3) is 0 Å². The molecular formula is C17H30O5. The van der Waals surface area contributed by atoms with E-state index in [0.29, 0.717) is 38.9 Å². The van der Waals surface area contributed by atoms with Crippen LogP contribution in [0.1, 0.15) is 66.2 Å². The number of rotatable bonds is 8. The first kappa shape index (κ1) is 18.9. The van der Waals surface area contributed by atoms with E-state index in [1.165, 1.54) is 0 Å². The molecule has 5 nitrogen and oxygen atoms in total. The monoisotopic (exact) mass is 314 g/mol. The third-order valence-corrected chi connectivity index (χ3v) is 4.21. The fourth-order valence-corrected chi connectivity index (χ4v) is 3.09. The van der Waals surface area contributed by atoms with Crippen molar-refractivity contribution in [3.8, 4) is 0 Å². The lowest BCUT2D eigenvalue weighted by Gasteiger charge is -2.30. The average molecular weight is 314 g/mol. The Labute approximate surface area is 133 Å². The molecule has 1 aliphatic rings. The van der Waals surface area contributed by atoms with Crippen molar-refractivity contribution in [1.29, 1.82) is 0 Å². The molecule has 1 rings (SSSR count). The van der Waals surface area contributed by atoms with Crippen LogP contribution in [0, 0.1) is 11.3 Å². The molecule has 22 heavy (non-hydrogen) atoms. The average Bonchev–Trinajstić information content (AvgIpc) is 2.85. The number of hydrogen-bond donors (Lipinski definition) is 1. The predicted octanol–water partition coefficient (Wildman–Crippen LogP) is 3.41. The lowest BCUT2D eigenvalue weighted by atomic mass is 9.77. The molecule has 0 saturated heterocycles. The summed E-state index contributed by atoms with van der Waals surface area (Å²) in [6.45, 7) is 8.42. The van der Waals surface area contributed by atoms with E-state index < -0.39 is 22.9 Å². The van der Waals surface area contributed by atoms with Crippen molar-refractivity contribution in [2.45, 2.75) is 71.8 Å². The van der Waals surface area contributed by atoms with Crippen LogP contribution in [0.25, 0.3) is 0 Å². The lowest BCUT2D eigenvalue weighted by Crippen LogP contribution is -2.36. The molecule has 0 spiro atoms. The van der Waals surface area contributed by atoms with Gasteiger partial charge in [-0.2, -0.15) is 0 Å². The van der Waals surface area contributed by atoms with Crippen LogP contribution in [0.15, 0.2) is 0 Å². The molecule has 0 aromatic heterocycles. The smallest absolute Gasteiger partial charge is 0.309 e. The van der Waals surface area contributed by atoms with Gasteiger partial charge in [-0.3, -0.25) is 9.59 Å². The molecular weight excluding hydrogens is 284 g/mol. The van der Waals surface area contributed by atoms with E-state index in [0.717, 1.165) is 12.8 Å². The van der Waals surface area contributed by atoms with Crippen molar-refractivity contribution in [3.63, 3.8) is 0 Å². The molecule has 0 aromatic carbocycles. The van der Waals surface area contributed by atoms with Gasteiger partial charge >= 0.3 is 11.9 Å². The van der Waals surface area contributed by atoms with Gasteiger partial charge in [0.2, 0.25) is 0 Å². The quantitative estimate of drug-likeness (QED) is 0.549. The van der Waals surface area contributed by atoms with E-state index >= 15 is 0 Å². The zero-order valence-electron chi connectivity index (χ0n) is 14.3. The molecule has 1 saturated carbocycles. The summed E-state index contributed by atoms with van der Waals surface area (Å²) in [5.74, 6) is -1.50. The second-order valence-corrected chi connectivity index (χ2v) is 7.21. The maximum absolute atomic E-state index is 12.4.